The lowest BCUT2D eigenvalue weighted by atomic mass is 9.95. The van der Waals surface area contributed by atoms with E-state index < -0.39 is 12.1 Å². The number of likely N-dealkylation sites (tertiary alicyclic amines) is 1. The molecule has 0 radical (unpaired) electrons. The number of H-pyrrole nitrogens is 1. The van der Waals surface area contributed by atoms with Gasteiger partial charge in [0.15, 0.2) is 0 Å². The first kappa shape index (κ1) is 23.9. The molecule has 0 spiro atoms. The van der Waals surface area contributed by atoms with Gasteiger partial charge in [0, 0.05) is 47.9 Å². The predicted octanol–water partition coefficient (Wildman–Crippen LogP) is 2.23. The van der Waals surface area contributed by atoms with Crippen LogP contribution < -0.4 is 10.6 Å². The Bertz CT molecular complexity index is 1160. The summed E-state index contributed by atoms with van der Waals surface area (Å²) in [6, 6.07) is 2.82. The number of hydrogen-bond donors (Lipinski definition) is 3. The minimum Gasteiger partial charge on any atom is -0.361 e. The number of aromatic amines is 1. The fourth-order valence-electron chi connectivity index (χ4n) is 5.00. The smallest absolute Gasteiger partial charge is 0.246 e. The lowest BCUT2D eigenvalue weighted by molar-refractivity contribution is -0.138. The molecular formula is C25H32FN5O3. The van der Waals surface area contributed by atoms with Gasteiger partial charge in [0.05, 0.1) is 18.1 Å². The molecule has 4 rings (SSSR count). The number of fused-ring (bicyclic) bond motifs is 2. The molecular weight excluding hydrogens is 437 g/mol. The number of carbonyl (C=O) groups excluding carboxylic acids is 3. The van der Waals surface area contributed by atoms with Crippen molar-refractivity contribution in [3.05, 3.63) is 42.0 Å². The van der Waals surface area contributed by atoms with E-state index in [4.69, 9.17) is 0 Å². The number of hydrogen-bond acceptors (Lipinski definition) is 4. The Hall–Kier alpha value is -3.20. The van der Waals surface area contributed by atoms with Crippen LogP contribution in [-0.4, -0.2) is 70.3 Å². The second-order valence-corrected chi connectivity index (χ2v) is 9.48. The van der Waals surface area contributed by atoms with Crippen LogP contribution in [0.3, 0.4) is 0 Å². The topological polar surface area (TPSA) is 97.5 Å². The monoisotopic (exact) mass is 469 g/mol. The summed E-state index contributed by atoms with van der Waals surface area (Å²) in [6.07, 6.45) is 4.21. The molecule has 2 aliphatic rings. The summed E-state index contributed by atoms with van der Waals surface area (Å²) in [5.41, 5.74) is 2.33. The molecule has 1 fully saturated rings. The molecule has 9 heteroatoms. The van der Waals surface area contributed by atoms with Gasteiger partial charge in [-0.25, -0.2) is 4.39 Å². The molecule has 0 aliphatic carbocycles. The molecule has 4 unspecified atom stereocenters. The molecule has 3 heterocycles. The average molecular weight is 470 g/mol. The Morgan fingerprint density at radius 3 is 2.59 bits per heavy atom. The standard InChI is InChI=1S/C25H32FN5O3/c1-13(2)22(29-24(33)14(3)27-5)25(34)30-9-8-21-23(30)19(12-31(21)15(4)32)18-11-28-20-7-6-16(26)10-17(18)20/h6-7,10-14,21-23,27-28H,8-9H2,1-5H3,(H,29,33). The van der Waals surface area contributed by atoms with Gasteiger partial charge in [0.2, 0.25) is 17.7 Å². The molecule has 2 aromatic rings. The van der Waals surface area contributed by atoms with Crippen LogP contribution in [0.2, 0.25) is 0 Å². The number of nitrogens with zero attached hydrogens (tertiary/aromatic N) is 2. The molecule has 8 nitrogen and oxygen atoms in total. The van der Waals surface area contributed by atoms with Crippen LogP contribution in [0.25, 0.3) is 16.5 Å². The van der Waals surface area contributed by atoms with Gasteiger partial charge < -0.3 is 25.4 Å². The van der Waals surface area contributed by atoms with Crippen molar-refractivity contribution in [1.82, 2.24) is 25.4 Å². The van der Waals surface area contributed by atoms with Crippen LogP contribution >= 0.6 is 0 Å². The van der Waals surface area contributed by atoms with Crippen molar-refractivity contribution in [2.45, 2.75) is 58.3 Å². The van der Waals surface area contributed by atoms with Crippen LogP contribution in [0.4, 0.5) is 4.39 Å². The quantitative estimate of drug-likeness (QED) is 0.604. The van der Waals surface area contributed by atoms with Crippen LogP contribution in [0, 0.1) is 11.7 Å². The molecule has 0 bridgehead atoms. The fourth-order valence-corrected chi connectivity index (χ4v) is 5.00. The number of amides is 3. The van der Waals surface area contributed by atoms with Gasteiger partial charge in [0.1, 0.15) is 11.9 Å². The average Bonchev–Trinajstić information content (AvgIpc) is 3.49. The summed E-state index contributed by atoms with van der Waals surface area (Å²) in [7, 11) is 1.69. The van der Waals surface area contributed by atoms with Crippen molar-refractivity contribution in [3.63, 3.8) is 0 Å². The lowest BCUT2D eigenvalue weighted by Gasteiger charge is -2.32. The number of rotatable bonds is 6. The van der Waals surface area contributed by atoms with Gasteiger partial charge in [0.25, 0.3) is 0 Å². The molecule has 1 aromatic carbocycles. The summed E-state index contributed by atoms with van der Waals surface area (Å²) in [5.74, 6) is -1.01. The van der Waals surface area contributed by atoms with Crippen molar-refractivity contribution in [2.24, 2.45) is 5.92 Å². The van der Waals surface area contributed by atoms with Crippen LogP contribution in [0.5, 0.6) is 0 Å². The van der Waals surface area contributed by atoms with Crippen LogP contribution in [0.15, 0.2) is 30.6 Å². The normalized spacial score (nSPS) is 21.6. The van der Waals surface area contributed by atoms with E-state index >= 15 is 0 Å². The maximum Gasteiger partial charge on any atom is 0.246 e. The third-order valence-corrected chi connectivity index (χ3v) is 6.98. The summed E-state index contributed by atoms with van der Waals surface area (Å²) in [5, 5.41) is 6.49. The molecule has 0 saturated carbocycles. The number of aromatic nitrogens is 1. The molecule has 34 heavy (non-hydrogen) atoms. The summed E-state index contributed by atoms with van der Waals surface area (Å²) < 4.78 is 14.1. The first-order valence-corrected chi connectivity index (χ1v) is 11.7. The van der Waals surface area contributed by atoms with Crippen molar-refractivity contribution in [3.8, 4) is 0 Å². The molecule has 3 N–H and O–H groups in total. The predicted molar refractivity (Wildman–Crippen MR) is 128 cm³/mol. The molecule has 2 aliphatic heterocycles. The Morgan fingerprint density at radius 1 is 1.21 bits per heavy atom. The van der Waals surface area contributed by atoms with E-state index in [2.05, 4.69) is 15.6 Å². The van der Waals surface area contributed by atoms with Gasteiger partial charge in [-0.1, -0.05) is 13.8 Å². The number of benzene rings is 1. The highest BCUT2D eigenvalue weighted by molar-refractivity contribution is 5.98. The number of carbonyl (C=O) groups is 3. The van der Waals surface area contributed by atoms with Crippen molar-refractivity contribution in [2.75, 3.05) is 13.6 Å². The molecule has 4 atom stereocenters. The first-order valence-electron chi connectivity index (χ1n) is 11.7. The van der Waals surface area contributed by atoms with Gasteiger partial charge in [-0.15, -0.1) is 0 Å². The fraction of sp³-hybridized carbons (Fsp3) is 0.480. The molecule has 182 valence electrons. The van der Waals surface area contributed by atoms with Crippen molar-refractivity contribution < 1.29 is 18.8 Å². The van der Waals surface area contributed by atoms with Gasteiger partial charge in [-0.3, -0.25) is 14.4 Å². The zero-order chi connectivity index (χ0) is 24.7. The van der Waals surface area contributed by atoms with Gasteiger partial charge in [-0.2, -0.15) is 0 Å². The van der Waals surface area contributed by atoms with E-state index in [1.54, 1.807) is 42.2 Å². The Balaban J connectivity index is 1.71. The molecule has 1 aromatic heterocycles. The second kappa shape index (κ2) is 9.21. The van der Waals surface area contributed by atoms with E-state index in [1.165, 1.54) is 19.1 Å². The zero-order valence-corrected chi connectivity index (χ0v) is 20.2. The van der Waals surface area contributed by atoms with E-state index in [0.29, 0.717) is 18.4 Å². The largest absolute Gasteiger partial charge is 0.361 e. The highest BCUT2D eigenvalue weighted by Crippen LogP contribution is 2.42. The third kappa shape index (κ3) is 4.09. The maximum absolute atomic E-state index is 14.1. The number of likely N-dealkylation sites (N-methyl/N-ethyl adjacent to an activating group) is 1. The first-order chi connectivity index (χ1) is 16.1. The van der Waals surface area contributed by atoms with Crippen LogP contribution in [0.1, 0.15) is 39.7 Å². The SMILES string of the molecule is CNC(C)C(=O)NC(C(=O)N1CCC2C1C(c1c[nH]c3ccc(F)cc13)=CN2C(C)=O)C(C)C. The van der Waals surface area contributed by atoms with E-state index in [9.17, 15) is 18.8 Å². The molecule has 1 saturated heterocycles. The van der Waals surface area contributed by atoms with Crippen molar-refractivity contribution in [1.29, 1.82) is 0 Å². The summed E-state index contributed by atoms with van der Waals surface area (Å²) in [6.45, 7) is 7.51. The second-order valence-electron chi connectivity index (χ2n) is 9.48. The number of halogens is 1. The van der Waals surface area contributed by atoms with Crippen LogP contribution in [-0.2, 0) is 14.4 Å². The summed E-state index contributed by atoms with van der Waals surface area (Å²) in [4.78, 5) is 45.4. The van der Waals surface area contributed by atoms with Gasteiger partial charge in [-0.05, 0) is 44.5 Å². The van der Waals surface area contributed by atoms with E-state index in [-0.39, 0.29) is 41.5 Å². The Morgan fingerprint density at radius 2 is 1.94 bits per heavy atom. The van der Waals surface area contributed by atoms with Crippen molar-refractivity contribution >= 4 is 34.2 Å². The van der Waals surface area contributed by atoms with E-state index in [1.807, 2.05) is 13.8 Å². The minimum atomic E-state index is -0.699. The zero-order valence-electron chi connectivity index (χ0n) is 20.2. The maximum atomic E-state index is 14.1. The summed E-state index contributed by atoms with van der Waals surface area (Å²) >= 11 is 0. The Labute approximate surface area is 198 Å². The number of nitrogens with one attached hydrogen (secondary N) is 3. The lowest BCUT2D eigenvalue weighted by Crippen LogP contribution is -2.56. The van der Waals surface area contributed by atoms with E-state index in [0.717, 1.165) is 16.7 Å². The van der Waals surface area contributed by atoms with Gasteiger partial charge >= 0.3 is 0 Å². The molecule has 3 amide bonds. The highest BCUT2D eigenvalue weighted by atomic mass is 19.1. The third-order valence-electron chi connectivity index (χ3n) is 6.98. The Kier molecular flexibility index (Phi) is 6.49. The minimum absolute atomic E-state index is 0.109. The highest BCUT2D eigenvalue weighted by Gasteiger charge is 2.49.